The van der Waals surface area contributed by atoms with Gasteiger partial charge in [-0.25, -0.2) is 4.58 Å². The Morgan fingerprint density at radius 1 is 0.975 bits per heavy atom. The Hall–Kier alpha value is -3.18. The van der Waals surface area contributed by atoms with Crippen LogP contribution in [0.15, 0.2) is 71.5 Å². The van der Waals surface area contributed by atoms with Gasteiger partial charge in [-0.1, -0.05) is 50.7 Å². The maximum absolute atomic E-state index is 13.8. The highest BCUT2D eigenvalue weighted by Crippen LogP contribution is 2.43. The second-order valence-electron chi connectivity index (χ2n) is 12.5. The van der Waals surface area contributed by atoms with Gasteiger partial charge in [-0.2, -0.15) is 0 Å². The zero-order chi connectivity index (χ0) is 27.9. The van der Waals surface area contributed by atoms with E-state index in [1.165, 1.54) is 64.2 Å². The number of rotatable bonds is 6. The summed E-state index contributed by atoms with van der Waals surface area (Å²) in [6, 6.07) is 15.5. The summed E-state index contributed by atoms with van der Waals surface area (Å²) in [5.41, 5.74) is 8.45. The first-order valence-corrected chi connectivity index (χ1v) is 18.4. The molecule has 2 aromatic rings. The Morgan fingerprint density at radius 3 is 2.48 bits per heavy atom. The molecule has 40 heavy (non-hydrogen) atoms. The number of fused-ring (bicyclic) bond motifs is 2. The van der Waals surface area contributed by atoms with Crippen LogP contribution in [0.5, 0.6) is 0 Å². The molecule has 0 unspecified atom stereocenters. The number of hydrogen-bond acceptors (Lipinski definition) is 2. The summed E-state index contributed by atoms with van der Waals surface area (Å²) in [5.74, 6) is 0.115. The lowest BCUT2D eigenvalue weighted by Crippen LogP contribution is -2.50. The fourth-order valence-electron chi connectivity index (χ4n) is 7.05. The third kappa shape index (κ3) is 4.72. The van der Waals surface area contributed by atoms with Crippen molar-refractivity contribution in [3.63, 3.8) is 0 Å². The van der Waals surface area contributed by atoms with E-state index < -0.39 is 8.07 Å². The molecule has 0 saturated carbocycles. The molecule has 0 N–H and O–H groups in total. The number of unbranched alkanes of at least 4 members (excludes halogenated alkanes) is 1. The number of hydrogen-bond donors (Lipinski definition) is 0. The first kappa shape index (κ1) is 27.0. The molecule has 4 aliphatic rings. The third-order valence-electron chi connectivity index (χ3n) is 9.45. The number of nitrogens with zero attached hydrogens (tertiary/aromatic N) is 3. The molecule has 2 fully saturated rings. The molecule has 2 saturated heterocycles. The first-order chi connectivity index (χ1) is 19.4. The van der Waals surface area contributed by atoms with E-state index in [9.17, 15) is 4.79 Å². The highest BCUT2D eigenvalue weighted by atomic mass is 28.3. The van der Waals surface area contributed by atoms with Gasteiger partial charge in [-0.05, 0) is 76.2 Å². The summed E-state index contributed by atoms with van der Waals surface area (Å²) in [6.45, 7) is 12.6. The SMILES string of the molecule is CCCCN(C)C(=O)c1ccccc1C1=C2C=CC(=[N+]3CCCC3)C=C2[Si](C)(C)c2cc(N3CCCC3)ccc21. The minimum absolute atomic E-state index is 0.115. The molecule has 6 rings (SSSR count). The van der Waals surface area contributed by atoms with Gasteiger partial charge in [0, 0.05) is 62.9 Å². The van der Waals surface area contributed by atoms with E-state index in [4.69, 9.17) is 0 Å². The second kappa shape index (κ2) is 11.0. The Labute approximate surface area is 241 Å². The van der Waals surface area contributed by atoms with Gasteiger partial charge in [0.1, 0.15) is 21.2 Å². The first-order valence-electron chi connectivity index (χ1n) is 15.4. The Bertz CT molecular complexity index is 1450. The largest absolute Gasteiger partial charge is 0.372 e. The molecule has 2 aromatic carbocycles. The summed E-state index contributed by atoms with van der Waals surface area (Å²) in [7, 11) is -0.0774. The maximum atomic E-state index is 13.8. The highest BCUT2D eigenvalue weighted by molar-refractivity contribution is 6.98. The summed E-state index contributed by atoms with van der Waals surface area (Å²) in [4.78, 5) is 18.3. The van der Waals surface area contributed by atoms with Gasteiger partial charge in [-0.3, -0.25) is 4.79 Å². The van der Waals surface area contributed by atoms with Crippen molar-refractivity contribution >= 4 is 36.1 Å². The van der Waals surface area contributed by atoms with Crippen LogP contribution in [0.4, 0.5) is 5.69 Å². The van der Waals surface area contributed by atoms with E-state index in [1.807, 2.05) is 24.1 Å². The van der Waals surface area contributed by atoms with Gasteiger partial charge >= 0.3 is 0 Å². The highest BCUT2D eigenvalue weighted by Gasteiger charge is 2.41. The summed E-state index contributed by atoms with van der Waals surface area (Å²) >= 11 is 0. The number of allylic oxidation sites excluding steroid dienone is 5. The van der Waals surface area contributed by atoms with Crippen LogP contribution in [-0.2, 0) is 0 Å². The van der Waals surface area contributed by atoms with Crippen LogP contribution in [0.2, 0.25) is 13.1 Å². The average Bonchev–Trinajstić information content (AvgIpc) is 3.71. The van der Waals surface area contributed by atoms with Gasteiger partial charge in [0.25, 0.3) is 5.91 Å². The lowest BCUT2D eigenvalue weighted by molar-refractivity contribution is -0.504. The van der Waals surface area contributed by atoms with Crippen molar-refractivity contribution in [2.24, 2.45) is 0 Å². The Balaban J connectivity index is 1.56. The lowest BCUT2D eigenvalue weighted by atomic mass is 9.87. The molecule has 0 aromatic heterocycles. The minimum atomic E-state index is -2.02. The smallest absolute Gasteiger partial charge is 0.254 e. The maximum Gasteiger partial charge on any atom is 0.254 e. The Kier molecular flexibility index (Phi) is 7.43. The molecule has 0 radical (unpaired) electrons. The van der Waals surface area contributed by atoms with E-state index >= 15 is 0 Å². The third-order valence-corrected chi connectivity index (χ3v) is 13.0. The molecule has 208 valence electrons. The fourth-order valence-corrected chi connectivity index (χ4v) is 10.1. The van der Waals surface area contributed by atoms with Crippen molar-refractivity contribution in [2.75, 3.05) is 44.7 Å². The van der Waals surface area contributed by atoms with E-state index in [1.54, 1.807) is 0 Å². The zero-order valence-electron chi connectivity index (χ0n) is 24.8. The Morgan fingerprint density at radius 2 is 1.73 bits per heavy atom. The predicted octanol–water partition coefficient (Wildman–Crippen LogP) is 6.17. The van der Waals surface area contributed by atoms with Crippen LogP contribution in [0.3, 0.4) is 0 Å². The summed E-state index contributed by atoms with van der Waals surface area (Å²) in [5, 5.41) is 3.00. The van der Waals surface area contributed by atoms with Crippen molar-refractivity contribution in [3.05, 3.63) is 88.2 Å². The second-order valence-corrected chi connectivity index (χ2v) is 16.8. The van der Waals surface area contributed by atoms with Crippen LogP contribution in [-0.4, -0.2) is 68.9 Å². The minimum Gasteiger partial charge on any atom is -0.372 e. The van der Waals surface area contributed by atoms with Crippen LogP contribution < -0.4 is 10.1 Å². The van der Waals surface area contributed by atoms with E-state index in [0.29, 0.717) is 0 Å². The quantitative estimate of drug-likeness (QED) is 0.318. The fraction of sp³-hybridized carbons (Fsp3) is 0.429. The molecule has 0 spiro atoms. The van der Waals surface area contributed by atoms with E-state index in [2.05, 4.69) is 78.1 Å². The standard InChI is InChI=1S/C35H44N3OSi/c1-5-6-19-36(2)35(39)29-14-8-7-13-28(29)34-30-17-15-26(37-20-9-10-21-37)24-32(30)40(3,4)33-25-27(16-18-31(33)34)38-22-11-12-23-38/h7-8,13-18,24-25H,5-6,9-12,19-23H2,1-4H3/q+1. The van der Waals surface area contributed by atoms with Gasteiger partial charge < -0.3 is 9.80 Å². The van der Waals surface area contributed by atoms with Crippen molar-refractivity contribution in [1.82, 2.24) is 4.90 Å². The molecule has 0 bridgehead atoms. The summed E-state index contributed by atoms with van der Waals surface area (Å²) in [6.07, 6.45) is 14.4. The van der Waals surface area contributed by atoms with E-state index in [0.717, 1.165) is 56.7 Å². The molecule has 5 heteroatoms. The molecule has 1 amide bonds. The molecule has 3 heterocycles. The van der Waals surface area contributed by atoms with Crippen LogP contribution in [0.1, 0.15) is 66.9 Å². The molecule has 0 atom stereocenters. The monoisotopic (exact) mass is 550 g/mol. The van der Waals surface area contributed by atoms with Crippen molar-refractivity contribution in [2.45, 2.75) is 58.5 Å². The number of benzene rings is 2. The van der Waals surface area contributed by atoms with Crippen LogP contribution in [0, 0.1) is 0 Å². The molecule has 4 nitrogen and oxygen atoms in total. The average molecular weight is 551 g/mol. The summed E-state index contributed by atoms with van der Waals surface area (Å²) < 4.78 is 2.56. The number of amides is 1. The zero-order valence-corrected chi connectivity index (χ0v) is 25.8. The number of anilines is 1. The van der Waals surface area contributed by atoms with Gasteiger partial charge in [0.05, 0.1) is 0 Å². The van der Waals surface area contributed by atoms with Gasteiger partial charge in [0.15, 0.2) is 5.71 Å². The van der Waals surface area contributed by atoms with Crippen LogP contribution >= 0.6 is 0 Å². The van der Waals surface area contributed by atoms with E-state index in [-0.39, 0.29) is 5.91 Å². The molecular formula is C35H44N3OSi+. The van der Waals surface area contributed by atoms with Gasteiger partial charge in [0.2, 0.25) is 0 Å². The number of carbonyl (C=O) groups excluding carboxylic acids is 1. The van der Waals surface area contributed by atoms with Crippen molar-refractivity contribution < 1.29 is 9.37 Å². The predicted molar refractivity (Wildman–Crippen MR) is 171 cm³/mol. The number of carbonyl (C=O) groups is 1. The molecule has 3 aliphatic heterocycles. The van der Waals surface area contributed by atoms with Gasteiger partial charge in [-0.15, -0.1) is 0 Å². The van der Waals surface area contributed by atoms with Crippen LogP contribution in [0.25, 0.3) is 5.57 Å². The van der Waals surface area contributed by atoms with Crippen molar-refractivity contribution in [1.29, 1.82) is 0 Å². The topological polar surface area (TPSA) is 26.6 Å². The molecular weight excluding hydrogens is 506 g/mol. The normalized spacial score (nSPS) is 19.6. The lowest BCUT2D eigenvalue weighted by Gasteiger charge is -2.38. The molecule has 1 aliphatic carbocycles. The van der Waals surface area contributed by atoms with Crippen molar-refractivity contribution in [3.8, 4) is 0 Å².